The van der Waals surface area contributed by atoms with Gasteiger partial charge in [-0.3, -0.25) is 9.20 Å². The summed E-state index contributed by atoms with van der Waals surface area (Å²) in [5, 5.41) is 14.5. The highest BCUT2D eigenvalue weighted by molar-refractivity contribution is 5.92. The summed E-state index contributed by atoms with van der Waals surface area (Å²) < 4.78 is 3.91. The molecule has 1 saturated heterocycles. The van der Waals surface area contributed by atoms with Crippen molar-refractivity contribution in [1.29, 1.82) is 0 Å². The van der Waals surface area contributed by atoms with E-state index in [0.717, 1.165) is 64.4 Å². The molecule has 8 nitrogen and oxygen atoms in total. The molecule has 0 N–H and O–H groups in total. The van der Waals surface area contributed by atoms with Crippen LogP contribution in [-0.2, 0) is 11.2 Å². The van der Waals surface area contributed by atoms with Crippen molar-refractivity contribution < 1.29 is 4.79 Å². The van der Waals surface area contributed by atoms with E-state index in [1.807, 2.05) is 63.3 Å². The summed E-state index contributed by atoms with van der Waals surface area (Å²) in [6, 6.07) is 13.9. The maximum atomic E-state index is 13.3. The van der Waals surface area contributed by atoms with Crippen LogP contribution >= 0.6 is 0 Å². The number of benzene rings is 1. The van der Waals surface area contributed by atoms with Crippen LogP contribution in [-0.4, -0.2) is 46.5 Å². The quantitative estimate of drug-likeness (QED) is 0.425. The number of amides is 1. The van der Waals surface area contributed by atoms with Crippen LogP contribution in [0.3, 0.4) is 0 Å². The molecule has 6 rings (SSSR count). The number of aromatic nitrogens is 6. The van der Waals surface area contributed by atoms with E-state index >= 15 is 0 Å². The number of carbonyl (C=O) groups excluding carboxylic acids is 1. The molecule has 0 spiro atoms. The van der Waals surface area contributed by atoms with E-state index in [0.29, 0.717) is 12.8 Å². The SMILES string of the molecule is Cc1nc2c3ccccc3nn2c(C)c1CCC(=O)N1CCCC1c1nnc2ccccn12. The molecule has 1 atom stereocenters. The number of likely N-dealkylation sites (tertiary alicyclic amines) is 1. The summed E-state index contributed by atoms with van der Waals surface area (Å²) >= 11 is 0. The van der Waals surface area contributed by atoms with Gasteiger partial charge >= 0.3 is 0 Å². The molecule has 4 aromatic heterocycles. The maximum Gasteiger partial charge on any atom is 0.223 e. The zero-order valence-corrected chi connectivity index (χ0v) is 18.8. The number of carbonyl (C=O) groups is 1. The van der Waals surface area contributed by atoms with E-state index in [1.54, 1.807) is 0 Å². The van der Waals surface area contributed by atoms with Crippen molar-refractivity contribution in [3.63, 3.8) is 0 Å². The van der Waals surface area contributed by atoms with Gasteiger partial charge in [-0.15, -0.1) is 10.2 Å². The fraction of sp³-hybridized carbons (Fsp3) is 0.320. The molecule has 8 heteroatoms. The fourth-order valence-electron chi connectivity index (χ4n) is 5.13. The highest BCUT2D eigenvalue weighted by atomic mass is 16.2. The van der Waals surface area contributed by atoms with Gasteiger partial charge < -0.3 is 4.90 Å². The van der Waals surface area contributed by atoms with Gasteiger partial charge in [0.1, 0.15) is 0 Å². The number of rotatable bonds is 4. The molecule has 33 heavy (non-hydrogen) atoms. The van der Waals surface area contributed by atoms with Crippen molar-refractivity contribution in [3.05, 3.63) is 71.4 Å². The molecule has 0 radical (unpaired) electrons. The van der Waals surface area contributed by atoms with Crippen LogP contribution in [0.15, 0.2) is 48.7 Å². The molecule has 1 aliphatic heterocycles. The van der Waals surface area contributed by atoms with Crippen LogP contribution in [0.5, 0.6) is 0 Å². The Kier molecular flexibility index (Phi) is 4.60. The molecule has 1 amide bonds. The lowest BCUT2D eigenvalue weighted by Crippen LogP contribution is -2.31. The Morgan fingerprint density at radius 1 is 1.09 bits per heavy atom. The van der Waals surface area contributed by atoms with Gasteiger partial charge in [0.05, 0.1) is 11.6 Å². The Hall–Kier alpha value is -3.81. The molecular weight excluding hydrogens is 414 g/mol. The molecule has 5 heterocycles. The first-order valence-electron chi connectivity index (χ1n) is 11.4. The molecule has 1 aromatic carbocycles. The van der Waals surface area contributed by atoms with Gasteiger partial charge in [-0.05, 0) is 62.9 Å². The first kappa shape index (κ1) is 19.8. The Bertz CT molecular complexity index is 1520. The molecule has 0 bridgehead atoms. The lowest BCUT2D eigenvalue weighted by molar-refractivity contribution is -0.132. The summed E-state index contributed by atoms with van der Waals surface area (Å²) in [6.07, 6.45) is 4.92. The normalized spacial score (nSPS) is 16.4. The highest BCUT2D eigenvalue weighted by Gasteiger charge is 2.33. The first-order chi connectivity index (χ1) is 16.1. The van der Waals surface area contributed by atoms with Gasteiger partial charge in [0.25, 0.3) is 0 Å². The van der Waals surface area contributed by atoms with Gasteiger partial charge in [-0.25, -0.2) is 9.50 Å². The third-order valence-corrected chi connectivity index (χ3v) is 6.82. The maximum absolute atomic E-state index is 13.3. The lowest BCUT2D eigenvalue weighted by atomic mass is 10.1. The predicted molar refractivity (Wildman–Crippen MR) is 125 cm³/mol. The van der Waals surface area contributed by atoms with Crippen LogP contribution in [0.25, 0.3) is 22.2 Å². The molecular formula is C25H25N7O. The summed E-state index contributed by atoms with van der Waals surface area (Å²) in [7, 11) is 0. The summed E-state index contributed by atoms with van der Waals surface area (Å²) in [5.74, 6) is 0.991. The Balaban J connectivity index is 1.26. The number of hydrogen-bond acceptors (Lipinski definition) is 5. The standard InChI is InChI=1S/C25H25N7O/c1-16-18(17(2)32-24(26-16)19-8-3-4-9-20(19)29-32)12-13-23(33)30-15-7-10-21(30)25-28-27-22-11-5-6-14-31(22)25/h3-6,8-9,11,14,21H,7,10,12-13,15H2,1-2H3. The van der Waals surface area contributed by atoms with Crippen LogP contribution in [0.2, 0.25) is 0 Å². The largest absolute Gasteiger partial charge is 0.332 e. The van der Waals surface area contributed by atoms with Crippen molar-refractivity contribution in [1.82, 2.24) is 34.1 Å². The molecule has 1 aliphatic rings. The van der Waals surface area contributed by atoms with Gasteiger partial charge in [0.2, 0.25) is 5.91 Å². The summed E-state index contributed by atoms with van der Waals surface area (Å²) in [5.41, 5.74) is 5.70. The van der Waals surface area contributed by atoms with E-state index < -0.39 is 0 Å². The minimum atomic E-state index is -0.0332. The van der Waals surface area contributed by atoms with Crippen molar-refractivity contribution in [2.75, 3.05) is 6.54 Å². The van der Waals surface area contributed by atoms with Gasteiger partial charge in [-0.1, -0.05) is 18.2 Å². The van der Waals surface area contributed by atoms with E-state index in [1.165, 1.54) is 0 Å². The summed E-state index contributed by atoms with van der Waals surface area (Å²) in [4.78, 5) is 20.1. The topological polar surface area (TPSA) is 80.7 Å². The minimum absolute atomic E-state index is 0.0332. The number of fused-ring (bicyclic) bond motifs is 4. The lowest BCUT2D eigenvalue weighted by Gasteiger charge is -2.24. The van der Waals surface area contributed by atoms with E-state index in [-0.39, 0.29) is 11.9 Å². The van der Waals surface area contributed by atoms with Gasteiger partial charge in [0.15, 0.2) is 17.1 Å². The Morgan fingerprint density at radius 3 is 2.85 bits per heavy atom. The monoisotopic (exact) mass is 439 g/mol. The fourth-order valence-corrected chi connectivity index (χ4v) is 5.13. The molecule has 0 saturated carbocycles. The molecule has 166 valence electrons. The molecule has 1 unspecified atom stereocenters. The second-order valence-electron chi connectivity index (χ2n) is 8.75. The molecule has 5 aromatic rings. The number of hydrogen-bond donors (Lipinski definition) is 0. The predicted octanol–water partition coefficient (Wildman–Crippen LogP) is 3.84. The van der Waals surface area contributed by atoms with Crippen LogP contribution < -0.4 is 0 Å². The van der Waals surface area contributed by atoms with E-state index in [2.05, 4.69) is 23.2 Å². The Labute approximate surface area is 190 Å². The second kappa shape index (κ2) is 7.65. The number of aryl methyl sites for hydroxylation is 2. The smallest absolute Gasteiger partial charge is 0.223 e. The third-order valence-electron chi connectivity index (χ3n) is 6.82. The van der Waals surface area contributed by atoms with Crippen LogP contribution in [0.4, 0.5) is 0 Å². The highest BCUT2D eigenvalue weighted by Crippen LogP contribution is 2.32. The molecule has 0 aliphatic carbocycles. The average molecular weight is 440 g/mol. The van der Waals surface area contributed by atoms with Crippen LogP contribution in [0.1, 0.15) is 48.1 Å². The number of nitrogens with zero attached hydrogens (tertiary/aromatic N) is 7. The van der Waals surface area contributed by atoms with E-state index in [9.17, 15) is 4.79 Å². The van der Waals surface area contributed by atoms with Crippen molar-refractivity contribution in [3.8, 4) is 0 Å². The Morgan fingerprint density at radius 2 is 1.94 bits per heavy atom. The van der Waals surface area contributed by atoms with Crippen molar-refractivity contribution in [2.45, 2.75) is 45.6 Å². The summed E-state index contributed by atoms with van der Waals surface area (Å²) in [6.45, 7) is 4.84. The van der Waals surface area contributed by atoms with Gasteiger partial charge in [0, 0.05) is 35.9 Å². The second-order valence-corrected chi connectivity index (χ2v) is 8.75. The van der Waals surface area contributed by atoms with Crippen molar-refractivity contribution >= 4 is 28.1 Å². The minimum Gasteiger partial charge on any atom is -0.332 e. The van der Waals surface area contributed by atoms with E-state index in [4.69, 9.17) is 10.1 Å². The van der Waals surface area contributed by atoms with Gasteiger partial charge in [-0.2, -0.15) is 5.10 Å². The zero-order chi connectivity index (χ0) is 22.5. The van der Waals surface area contributed by atoms with Crippen LogP contribution in [0, 0.1) is 13.8 Å². The first-order valence-corrected chi connectivity index (χ1v) is 11.4. The zero-order valence-electron chi connectivity index (χ0n) is 18.8. The van der Waals surface area contributed by atoms with Crippen molar-refractivity contribution in [2.24, 2.45) is 0 Å². The average Bonchev–Trinajstić information content (AvgIpc) is 3.55. The number of pyridine rings is 1. The third kappa shape index (κ3) is 3.16. The molecule has 1 fully saturated rings.